The summed E-state index contributed by atoms with van der Waals surface area (Å²) in [6.45, 7) is 4.91. The molecule has 31 heavy (non-hydrogen) atoms. The molecule has 5 rings (SSSR count). The van der Waals surface area contributed by atoms with Crippen LogP contribution in [0.25, 0.3) is 10.9 Å². The molecular formula is C25H26BrN3O2. The molecule has 6 heteroatoms. The summed E-state index contributed by atoms with van der Waals surface area (Å²) in [5, 5.41) is 1.13. The van der Waals surface area contributed by atoms with Gasteiger partial charge in [0.25, 0.3) is 5.91 Å². The summed E-state index contributed by atoms with van der Waals surface area (Å²) in [5.74, 6) is -0.113. The molecule has 2 aromatic carbocycles. The topological polar surface area (TPSA) is 56.4 Å². The average molecular weight is 480 g/mol. The Hall–Kier alpha value is -2.60. The Bertz CT molecular complexity index is 1200. The van der Waals surface area contributed by atoms with E-state index in [1.165, 1.54) is 0 Å². The van der Waals surface area contributed by atoms with Gasteiger partial charge in [0.05, 0.1) is 11.4 Å². The average Bonchev–Trinajstić information content (AvgIpc) is 3.24. The van der Waals surface area contributed by atoms with Crippen molar-refractivity contribution in [3.8, 4) is 0 Å². The fraction of sp³-hybridized carbons (Fsp3) is 0.360. The number of H-pyrrole nitrogens is 1. The van der Waals surface area contributed by atoms with Crippen LogP contribution in [0.1, 0.15) is 49.9 Å². The summed E-state index contributed by atoms with van der Waals surface area (Å²) in [5.41, 5.74) is 3.63. The van der Waals surface area contributed by atoms with Crippen molar-refractivity contribution in [2.24, 2.45) is 0 Å². The van der Waals surface area contributed by atoms with Gasteiger partial charge in [-0.2, -0.15) is 0 Å². The maximum atomic E-state index is 14.3. The number of aromatic nitrogens is 1. The number of hydrogen-bond acceptors (Lipinski definition) is 2. The highest BCUT2D eigenvalue weighted by Gasteiger charge is 2.60. The fourth-order valence-corrected chi connectivity index (χ4v) is 5.75. The SMILES string of the molecule is CCCCCN1C(=O)[C@@]2(c3cc(Br)ccc31)c1[nH]c3ccccc3c1CCN2C(C)=O. The number of nitrogens with zero attached hydrogens (tertiary/aromatic N) is 2. The van der Waals surface area contributed by atoms with Crippen molar-refractivity contribution in [2.45, 2.75) is 45.1 Å². The van der Waals surface area contributed by atoms with Crippen LogP contribution in [-0.2, 0) is 21.5 Å². The van der Waals surface area contributed by atoms with E-state index in [1.54, 1.807) is 11.8 Å². The number of aromatic amines is 1. The third kappa shape index (κ3) is 2.80. The third-order valence-electron chi connectivity index (χ3n) is 6.72. The molecule has 0 saturated heterocycles. The lowest BCUT2D eigenvalue weighted by Crippen LogP contribution is -2.58. The quantitative estimate of drug-likeness (QED) is 0.528. The molecule has 5 nitrogen and oxygen atoms in total. The van der Waals surface area contributed by atoms with Gasteiger partial charge in [-0.15, -0.1) is 0 Å². The maximum Gasteiger partial charge on any atom is 0.263 e. The molecule has 2 amide bonds. The van der Waals surface area contributed by atoms with Crippen LogP contribution in [0.5, 0.6) is 0 Å². The highest BCUT2D eigenvalue weighted by molar-refractivity contribution is 9.10. The molecule has 160 valence electrons. The number of fused-ring (bicyclic) bond motifs is 6. The normalized spacial score (nSPS) is 19.9. The Labute approximate surface area is 190 Å². The number of hydrogen-bond donors (Lipinski definition) is 1. The van der Waals surface area contributed by atoms with Crippen molar-refractivity contribution in [3.05, 3.63) is 63.8 Å². The van der Waals surface area contributed by atoms with Gasteiger partial charge in [0, 0.05) is 41.0 Å². The number of carbonyl (C=O) groups excluding carboxylic acids is 2. The Morgan fingerprint density at radius 1 is 1.19 bits per heavy atom. The molecule has 0 fully saturated rings. The van der Waals surface area contributed by atoms with Crippen molar-refractivity contribution < 1.29 is 9.59 Å². The molecule has 0 bridgehead atoms. The largest absolute Gasteiger partial charge is 0.355 e. The van der Waals surface area contributed by atoms with Crippen LogP contribution in [0.4, 0.5) is 5.69 Å². The summed E-state index contributed by atoms with van der Waals surface area (Å²) < 4.78 is 0.903. The second-order valence-corrected chi connectivity index (χ2v) is 9.40. The summed E-state index contributed by atoms with van der Waals surface area (Å²) >= 11 is 3.61. The first-order valence-corrected chi connectivity index (χ1v) is 11.8. The molecule has 1 N–H and O–H groups in total. The number of halogens is 1. The number of nitrogens with one attached hydrogen (secondary N) is 1. The molecule has 0 unspecified atom stereocenters. The minimum atomic E-state index is -1.15. The van der Waals surface area contributed by atoms with Gasteiger partial charge in [-0.05, 0) is 42.7 Å². The number of rotatable bonds is 4. The lowest BCUT2D eigenvalue weighted by Gasteiger charge is -2.43. The van der Waals surface area contributed by atoms with Gasteiger partial charge in [0.1, 0.15) is 0 Å². The van der Waals surface area contributed by atoms with E-state index >= 15 is 0 Å². The lowest BCUT2D eigenvalue weighted by molar-refractivity contribution is -0.143. The molecule has 0 aliphatic carbocycles. The van der Waals surface area contributed by atoms with Crippen LogP contribution in [-0.4, -0.2) is 34.8 Å². The van der Waals surface area contributed by atoms with Crippen LogP contribution in [0.3, 0.4) is 0 Å². The standard InChI is InChI=1S/C25H26BrN3O2/c1-3-4-7-13-28-22-11-10-17(26)15-20(22)25(24(28)31)23-19(12-14-29(25)16(2)30)18-8-5-6-9-21(18)27-23/h5-6,8-11,15,27H,3-4,7,12-14H2,1-2H3/t25-/m1/s1. The van der Waals surface area contributed by atoms with E-state index in [0.29, 0.717) is 13.1 Å². The molecule has 3 aromatic rings. The van der Waals surface area contributed by atoms with Gasteiger partial charge in [0.15, 0.2) is 5.54 Å². The van der Waals surface area contributed by atoms with E-state index in [1.807, 2.05) is 41.3 Å². The highest BCUT2D eigenvalue weighted by atomic mass is 79.9. The summed E-state index contributed by atoms with van der Waals surface area (Å²) in [7, 11) is 0. The first-order chi connectivity index (χ1) is 15.0. The van der Waals surface area contributed by atoms with E-state index in [2.05, 4.69) is 33.9 Å². The molecule has 0 radical (unpaired) electrons. The Kier molecular flexibility index (Phi) is 4.93. The lowest BCUT2D eigenvalue weighted by atomic mass is 9.80. The van der Waals surface area contributed by atoms with E-state index < -0.39 is 5.54 Å². The second kappa shape index (κ2) is 7.52. The zero-order valence-corrected chi connectivity index (χ0v) is 19.5. The predicted octanol–water partition coefficient (Wildman–Crippen LogP) is 5.12. The minimum Gasteiger partial charge on any atom is -0.355 e. The number of para-hydroxylation sites is 1. The number of unbranched alkanes of at least 4 members (excludes halogenated alkanes) is 2. The number of carbonyl (C=O) groups is 2. The zero-order valence-electron chi connectivity index (χ0n) is 17.9. The molecule has 1 atom stereocenters. The van der Waals surface area contributed by atoms with Crippen molar-refractivity contribution in [1.29, 1.82) is 0 Å². The first-order valence-electron chi connectivity index (χ1n) is 11.0. The van der Waals surface area contributed by atoms with Crippen LogP contribution in [0.2, 0.25) is 0 Å². The fourth-order valence-electron chi connectivity index (χ4n) is 5.39. The summed E-state index contributed by atoms with van der Waals surface area (Å²) in [6.07, 6.45) is 3.82. The van der Waals surface area contributed by atoms with Gasteiger partial charge in [-0.3, -0.25) is 9.59 Å². The van der Waals surface area contributed by atoms with E-state index in [0.717, 1.165) is 63.6 Å². The van der Waals surface area contributed by atoms with Crippen molar-refractivity contribution in [2.75, 3.05) is 18.0 Å². The zero-order chi connectivity index (χ0) is 21.8. The van der Waals surface area contributed by atoms with E-state index in [9.17, 15) is 9.59 Å². The molecule has 1 aromatic heterocycles. The van der Waals surface area contributed by atoms with Gasteiger partial charge in [0.2, 0.25) is 5.91 Å². The minimum absolute atomic E-state index is 0.0283. The summed E-state index contributed by atoms with van der Waals surface area (Å²) in [6, 6.07) is 14.2. The molecule has 0 saturated carbocycles. The maximum absolute atomic E-state index is 14.3. The third-order valence-corrected chi connectivity index (χ3v) is 7.22. The van der Waals surface area contributed by atoms with Gasteiger partial charge in [-0.1, -0.05) is 53.9 Å². The van der Waals surface area contributed by atoms with Crippen molar-refractivity contribution >= 4 is 44.3 Å². The van der Waals surface area contributed by atoms with Crippen LogP contribution in [0, 0.1) is 0 Å². The highest BCUT2D eigenvalue weighted by Crippen LogP contribution is 2.52. The van der Waals surface area contributed by atoms with E-state index in [-0.39, 0.29) is 11.8 Å². The van der Waals surface area contributed by atoms with E-state index in [4.69, 9.17) is 0 Å². The Morgan fingerprint density at radius 2 is 2.00 bits per heavy atom. The van der Waals surface area contributed by atoms with Gasteiger partial charge < -0.3 is 14.8 Å². The molecular weight excluding hydrogens is 454 g/mol. The van der Waals surface area contributed by atoms with Crippen molar-refractivity contribution in [1.82, 2.24) is 9.88 Å². The number of amides is 2. The second-order valence-electron chi connectivity index (χ2n) is 8.48. The van der Waals surface area contributed by atoms with Gasteiger partial charge >= 0.3 is 0 Å². The predicted molar refractivity (Wildman–Crippen MR) is 126 cm³/mol. The number of benzene rings is 2. The number of anilines is 1. The van der Waals surface area contributed by atoms with Crippen LogP contribution < -0.4 is 4.90 Å². The molecule has 3 heterocycles. The summed E-state index contributed by atoms with van der Waals surface area (Å²) in [4.78, 5) is 34.4. The van der Waals surface area contributed by atoms with Crippen LogP contribution >= 0.6 is 15.9 Å². The Morgan fingerprint density at radius 3 is 2.77 bits per heavy atom. The molecule has 2 aliphatic rings. The molecule has 2 aliphatic heterocycles. The smallest absolute Gasteiger partial charge is 0.263 e. The Balaban J connectivity index is 1.80. The van der Waals surface area contributed by atoms with Crippen molar-refractivity contribution in [3.63, 3.8) is 0 Å². The first kappa shape index (κ1) is 20.3. The monoisotopic (exact) mass is 479 g/mol. The molecule has 1 spiro atoms. The van der Waals surface area contributed by atoms with Gasteiger partial charge in [-0.25, -0.2) is 0 Å². The van der Waals surface area contributed by atoms with Crippen LogP contribution in [0.15, 0.2) is 46.9 Å².